The van der Waals surface area contributed by atoms with Crippen LogP contribution >= 0.6 is 11.9 Å². The van der Waals surface area contributed by atoms with Crippen molar-refractivity contribution in [2.45, 2.75) is 42.9 Å². The monoisotopic (exact) mass is 503 g/mol. The van der Waals surface area contributed by atoms with Gasteiger partial charge in [0, 0.05) is 54.0 Å². The molecular formula is C25H25F4N5S. The third kappa shape index (κ3) is 4.42. The Morgan fingerprint density at radius 2 is 1.66 bits per heavy atom. The average molecular weight is 504 g/mol. The average Bonchev–Trinajstić information content (AvgIpc) is 3.22. The molecule has 0 N–H and O–H groups in total. The second-order valence-corrected chi connectivity index (χ2v) is 10.9. The largest absolute Gasteiger partial charge is 0.404 e. The molecule has 3 aliphatic rings. The fourth-order valence-corrected chi connectivity index (χ4v) is 7.08. The zero-order chi connectivity index (χ0) is 24.2. The van der Waals surface area contributed by atoms with Gasteiger partial charge < -0.3 is 9.47 Å². The van der Waals surface area contributed by atoms with E-state index in [0.717, 1.165) is 24.3 Å². The first-order valence-corrected chi connectivity index (χ1v) is 12.6. The molecule has 3 heterocycles. The molecule has 0 radical (unpaired) electrons. The lowest BCUT2D eigenvalue weighted by molar-refractivity contribution is -0.174. The number of alkyl halides is 3. The summed E-state index contributed by atoms with van der Waals surface area (Å²) in [4.78, 5) is 2.16. The number of halogens is 4. The molecule has 35 heavy (non-hydrogen) atoms. The fourth-order valence-electron chi connectivity index (χ4n) is 5.65. The summed E-state index contributed by atoms with van der Waals surface area (Å²) in [5.41, 5.74) is 2.06. The van der Waals surface area contributed by atoms with E-state index in [2.05, 4.69) is 15.1 Å². The van der Waals surface area contributed by atoms with Gasteiger partial charge in [0.15, 0.2) is 0 Å². The standard InChI is InChI=1S/C25H25F4N5S/c26-21-10-18(32-12-19-20(13-32)24(19)33-14-30-31-15-33)7-6-17(21)11-34-23(25(27,28)29)9-8-22(35-34)16-4-2-1-3-5-16/h1-7,10,14-15,19-20,22-24H,8-9,11-13H2/t19-,20+,22-,23-,24+/m1/s1. The van der Waals surface area contributed by atoms with Gasteiger partial charge in [0.05, 0.1) is 0 Å². The lowest BCUT2D eigenvalue weighted by Crippen LogP contribution is -2.44. The number of fused-ring (bicyclic) bond motifs is 1. The van der Waals surface area contributed by atoms with Gasteiger partial charge in [-0.15, -0.1) is 10.2 Å². The molecule has 0 amide bonds. The Bertz CT molecular complexity index is 1160. The van der Waals surface area contributed by atoms with Crippen LogP contribution in [-0.4, -0.2) is 44.4 Å². The molecule has 1 saturated carbocycles. The van der Waals surface area contributed by atoms with Crippen LogP contribution in [0.2, 0.25) is 0 Å². The Balaban J connectivity index is 1.15. The molecule has 5 atom stereocenters. The van der Waals surface area contributed by atoms with E-state index >= 15 is 4.39 Å². The number of hydrogen-bond acceptors (Lipinski definition) is 5. The normalized spacial score (nSPS) is 28.8. The van der Waals surface area contributed by atoms with Crippen molar-refractivity contribution in [3.05, 3.63) is 78.1 Å². The summed E-state index contributed by atoms with van der Waals surface area (Å²) in [6.07, 6.45) is -0.457. The molecule has 2 aliphatic heterocycles. The quantitative estimate of drug-likeness (QED) is 0.333. The minimum atomic E-state index is -4.36. The van der Waals surface area contributed by atoms with Gasteiger partial charge in [-0.1, -0.05) is 48.3 Å². The molecule has 3 aromatic rings. The van der Waals surface area contributed by atoms with Crippen molar-refractivity contribution in [3.8, 4) is 0 Å². The van der Waals surface area contributed by atoms with Crippen molar-refractivity contribution >= 4 is 17.6 Å². The zero-order valence-electron chi connectivity index (χ0n) is 18.9. The summed E-state index contributed by atoms with van der Waals surface area (Å²) in [6.45, 7) is 1.55. The van der Waals surface area contributed by atoms with Crippen molar-refractivity contribution in [1.82, 2.24) is 19.1 Å². The summed E-state index contributed by atoms with van der Waals surface area (Å²) >= 11 is 1.18. The van der Waals surface area contributed by atoms with Crippen LogP contribution in [0.5, 0.6) is 0 Å². The molecule has 0 bridgehead atoms. The first kappa shape index (κ1) is 22.8. The number of hydrogen-bond donors (Lipinski definition) is 0. The molecule has 2 aromatic carbocycles. The Kier molecular flexibility index (Phi) is 5.75. The highest BCUT2D eigenvalue weighted by Gasteiger charge is 2.57. The minimum Gasteiger partial charge on any atom is -0.371 e. The van der Waals surface area contributed by atoms with Crippen LogP contribution in [0.3, 0.4) is 0 Å². The van der Waals surface area contributed by atoms with Crippen LogP contribution in [0.25, 0.3) is 0 Å². The van der Waals surface area contributed by atoms with Gasteiger partial charge in [0.1, 0.15) is 24.5 Å². The second-order valence-electron chi connectivity index (χ2n) is 9.62. The van der Waals surface area contributed by atoms with E-state index in [1.807, 2.05) is 41.0 Å². The third-order valence-corrected chi connectivity index (χ3v) is 8.94. The highest BCUT2D eigenvalue weighted by Crippen LogP contribution is 2.55. The van der Waals surface area contributed by atoms with E-state index in [1.165, 1.54) is 22.3 Å². The lowest BCUT2D eigenvalue weighted by Gasteiger charge is -2.39. The van der Waals surface area contributed by atoms with Gasteiger partial charge in [-0.2, -0.15) is 13.2 Å². The molecule has 0 spiro atoms. The number of aromatic nitrogens is 3. The Labute approximate surface area is 205 Å². The molecule has 0 unspecified atom stereocenters. The molecule has 6 rings (SSSR count). The van der Waals surface area contributed by atoms with Crippen molar-refractivity contribution in [3.63, 3.8) is 0 Å². The first-order chi connectivity index (χ1) is 16.9. The number of piperidine rings is 1. The van der Waals surface area contributed by atoms with Crippen LogP contribution in [0.4, 0.5) is 23.2 Å². The van der Waals surface area contributed by atoms with E-state index in [4.69, 9.17) is 0 Å². The van der Waals surface area contributed by atoms with E-state index < -0.39 is 18.0 Å². The van der Waals surface area contributed by atoms with E-state index in [0.29, 0.717) is 24.3 Å². The molecule has 184 valence electrons. The topological polar surface area (TPSA) is 37.2 Å². The highest BCUT2D eigenvalue weighted by molar-refractivity contribution is 7.97. The SMILES string of the molecule is Fc1cc(N2C[C@@H]3[C@H](C2)[C@H]3n2cnnc2)ccc1CN1S[C@@H](c2ccccc2)CC[C@@H]1C(F)(F)F. The lowest BCUT2D eigenvalue weighted by atomic mass is 10.0. The maximum absolute atomic E-state index is 15.1. The summed E-state index contributed by atoms with van der Waals surface area (Å²) in [5.74, 6) is 0.517. The smallest absolute Gasteiger partial charge is 0.371 e. The molecule has 1 aliphatic carbocycles. The Morgan fingerprint density at radius 3 is 2.31 bits per heavy atom. The van der Waals surface area contributed by atoms with E-state index in [9.17, 15) is 13.2 Å². The molecule has 1 aromatic heterocycles. The molecule has 5 nitrogen and oxygen atoms in total. The number of benzene rings is 2. The van der Waals surface area contributed by atoms with Crippen molar-refractivity contribution < 1.29 is 17.6 Å². The molecular weight excluding hydrogens is 478 g/mol. The third-order valence-electron chi connectivity index (χ3n) is 7.52. The van der Waals surface area contributed by atoms with Crippen molar-refractivity contribution in [1.29, 1.82) is 0 Å². The highest BCUT2D eigenvalue weighted by atomic mass is 32.2. The van der Waals surface area contributed by atoms with Crippen LogP contribution in [0.15, 0.2) is 61.2 Å². The maximum Gasteiger partial charge on any atom is 0.404 e. The number of rotatable bonds is 5. The predicted octanol–water partition coefficient (Wildman–Crippen LogP) is 5.64. The van der Waals surface area contributed by atoms with Crippen LogP contribution < -0.4 is 4.90 Å². The summed E-state index contributed by atoms with van der Waals surface area (Å²) in [5, 5.41) is 7.67. The fraction of sp³-hybridized carbons (Fsp3) is 0.440. The first-order valence-electron chi connectivity index (χ1n) is 11.8. The maximum atomic E-state index is 15.1. The van der Waals surface area contributed by atoms with Gasteiger partial charge in [-0.3, -0.25) is 0 Å². The second kappa shape index (κ2) is 8.81. The summed E-state index contributed by atoms with van der Waals surface area (Å²) in [6, 6.07) is 13.3. The number of anilines is 1. The van der Waals surface area contributed by atoms with Crippen LogP contribution in [-0.2, 0) is 6.54 Å². The Hall–Kier alpha value is -2.59. The van der Waals surface area contributed by atoms with E-state index in [1.54, 1.807) is 18.7 Å². The van der Waals surface area contributed by atoms with E-state index in [-0.39, 0.29) is 23.8 Å². The molecule has 3 fully saturated rings. The van der Waals surface area contributed by atoms with Crippen molar-refractivity contribution in [2.75, 3.05) is 18.0 Å². The number of nitrogens with zero attached hydrogens (tertiary/aromatic N) is 5. The van der Waals surface area contributed by atoms with Gasteiger partial charge in [-0.25, -0.2) is 8.70 Å². The zero-order valence-corrected chi connectivity index (χ0v) is 19.7. The van der Waals surface area contributed by atoms with Gasteiger partial charge >= 0.3 is 6.18 Å². The Morgan fingerprint density at radius 1 is 0.943 bits per heavy atom. The van der Waals surface area contributed by atoms with Crippen LogP contribution in [0, 0.1) is 17.7 Å². The van der Waals surface area contributed by atoms with Gasteiger partial charge in [-0.05, 0) is 30.5 Å². The summed E-state index contributed by atoms with van der Waals surface area (Å²) in [7, 11) is 0. The van der Waals surface area contributed by atoms with Crippen LogP contribution in [0.1, 0.15) is 35.3 Å². The van der Waals surface area contributed by atoms with Gasteiger partial charge in [0.2, 0.25) is 0 Å². The molecule has 10 heteroatoms. The van der Waals surface area contributed by atoms with Crippen molar-refractivity contribution in [2.24, 2.45) is 11.8 Å². The minimum absolute atomic E-state index is 0.0000796. The molecule has 2 saturated heterocycles. The van der Waals surface area contributed by atoms with Gasteiger partial charge in [0.25, 0.3) is 0 Å². The summed E-state index contributed by atoms with van der Waals surface area (Å²) < 4.78 is 59.9. The predicted molar refractivity (Wildman–Crippen MR) is 126 cm³/mol.